The summed E-state index contributed by atoms with van der Waals surface area (Å²) in [6.45, 7) is 2.92. The van der Waals surface area contributed by atoms with Crippen molar-refractivity contribution in [2.45, 2.75) is 24.7 Å². The normalized spacial score (nSPS) is 22.0. The first-order valence-corrected chi connectivity index (χ1v) is 10.2. The molecule has 0 aromatic heterocycles. The molecule has 25 heavy (non-hydrogen) atoms. The Bertz CT molecular complexity index is 677. The smallest absolute Gasteiger partial charge is 0.251 e. The minimum Gasteiger partial charge on any atom is -0.379 e. The molecule has 0 bridgehead atoms. The van der Waals surface area contributed by atoms with E-state index in [9.17, 15) is 13.2 Å². The number of hydrogen-bond acceptors (Lipinski definition) is 5. The molecule has 0 aliphatic carbocycles. The third-order valence-electron chi connectivity index (χ3n) is 4.44. The number of hydrogen-bond donors (Lipinski definition) is 1. The lowest BCUT2D eigenvalue weighted by Crippen LogP contribution is -2.41. The zero-order chi connectivity index (χ0) is 17.7. The molecule has 1 N–H and O–H groups in total. The average molecular weight is 368 g/mol. The van der Waals surface area contributed by atoms with Crippen LogP contribution in [0.3, 0.4) is 0 Å². The van der Waals surface area contributed by atoms with Crippen LogP contribution < -0.4 is 5.32 Å². The lowest BCUT2D eigenvalue weighted by atomic mass is 10.1. The van der Waals surface area contributed by atoms with Gasteiger partial charge >= 0.3 is 0 Å². The second-order valence-electron chi connectivity index (χ2n) is 6.31. The van der Waals surface area contributed by atoms with Gasteiger partial charge in [0, 0.05) is 31.8 Å². The molecule has 1 amide bonds. The van der Waals surface area contributed by atoms with E-state index in [0.29, 0.717) is 44.0 Å². The van der Waals surface area contributed by atoms with Gasteiger partial charge in [-0.3, -0.25) is 4.79 Å². The molecular weight excluding hydrogens is 344 g/mol. The maximum absolute atomic E-state index is 12.4. The highest BCUT2D eigenvalue weighted by Crippen LogP contribution is 2.14. The molecule has 8 heteroatoms. The standard InChI is InChI=1S/C17H24N2O5S/c20-17(18-12-16-2-1-9-24-16)15-5-3-14(4-6-15)13-25(21,22)19-7-10-23-11-8-19/h3-6,16H,1-2,7-13H2,(H,18,20)/t16-/m1/s1. The van der Waals surface area contributed by atoms with Crippen molar-refractivity contribution in [2.75, 3.05) is 39.5 Å². The molecule has 2 fully saturated rings. The number of benzene rings is 1. The Hall–Kier alpha value is -1.48. The second kappa shape index (κ2) is 8.27. The van der Waals surface area contributed by atoms with Gasteiger partial charge in [-0.05, 0) is 30.5 Å². The molecule has 1 aromatic rings. The van der Waals surface area contributed by atoms with Crippen LogP contribution >= 0.6 is 0 Å². The van der Waals surface area contributed by atoms with Gasteiger partial charge in [0.25, 0.3) is 5.91 Å². The Morgan fingerprint density at radius 3 is 2.52 bits per heavy atom. The van der Waals surface area contributed by atoms with E-state index in [1.54, 1.807) is 24.3 Å². The highest BCUT2D eigenvalue weighted by molar-refractivity contribution is 7.88. The minimum atomic E-state index is -3.35. The van der Waals surface area contributed by atoms with E-state index in [1.165, 1.54) is 4.31 Å². The van der Waals surface area contributed by atoms with Crippen molar-refractivity contribution in [1.29, 1.82) is 0 Å². The number of sulfonamides is 1. The van der Waals surface area contributed by atoms with Gasteiger partial charge in [-0.15, -0.1) is 0 Å². The van der Waals surface area contributed by atoms with E-state index in [0.717, 1.165) is 19.4 Å². The molecule has 0 radical (unpaired) electrons. The predicted octanol–water partition coefficient (Wildman–Crippen LogP) is 0.757. The fourth-order valence-electron chi connectivity index (χ4n) is 2.99. The van der Waals surface area contributed by atoms with Crippen LogP contribution in [0.5, 0.6) is 0 Å². The van der Waals surface area contributed by atoms with E-state index in [-0.39, 0.29) is 17.8 Å². The predicted molar refractivity (Wildman–Crippen MR) is 92.8 cm³/mol. The molecule has 2 aliphatic rings. The number of nitrogens with one attached hydrogen (secondary N) is 1. The third kappa shape index (κ3) is 5.01. The lowest BCUT2D eigenvalue weighted by Gasteiger charge is -2.26. The fourth-order valence-corrected chi connectivity index (χ4v) is 4.49. The molecule has 0 spiro atoms. The Kier molecular flexibility index (Phi) is 6.06. The Balaban J connectivity index is 1.55. The van der Waals surface area contributed by atoms with Crippen molar-refractivity contribution in [3.05, 3.63) is 35.4 Å². The second-order valence-corrected chi connectivity index (χ2v) is 8.28. The van der Waals surface area contributed by atoms with Crippen molar-refractivity contribution in [3.63, 3.8) is 0 Å². The molecule has 0 saturated carbocycles. The topological polar surface area (TPSA) is 84.9 Å². The Morgan fingerprint density at radius 2 is 1.88 bits per heavy atom. The molecule has 0 unspecified atom stereocenters. The summed E-state index contributed by atoms with van der Waals surface area (Å²) < 4.78 is 36.9. The largest absolute Gasteiger partial charge is 0.379 e. The molecule has 1 atom stereocenters. The van der Waals surface area contributed by atoms with Crippen LogP contribution in [0.4, 0.5) is 0 Å². The van der Waals surface area contributed by atoms with Crippen LogP contribution in [0, 0.1) is 0 Å². The minimum absolute atomic E-state index is 0.0647. The highest BCUT2D eigenvalue weighted by atomic mass is 32.2. The van der Waals surface area contributed by atoms with Crippen LogP contribution in [0.1, 0.15) is 28.8 Å². The molecule has 2 aliphatic heterocycles. The summed E-state index contributed by atoms with van der Waals surface area (Å²) >= 11 is 0. The Labute approximate surface area is 148 Å². The summed E-state index contributed by atoms with van der Waals surface area (Å²) in [6, 6.07) is 6.71. The molecular formula is C17H24N2O5S. The zero-order valence-corrected chi connectivity index (χ0v) is 15.0. The first-order valence-electron chi connectivity index (χ1n) is 8.59. The number of rotatable bonds is 6. The number of carbonyl (C=O) groups is 1. The van der Waals surface area contributed by atoms with E-state index in [1.807, 2.05) is 0 Å². The van der Waals surface area contributed by atoms with Gasteiger partial charge in [0.05, 0.1) is 25.1 Å². The highest BCUT2D eigenvalue weighted by Gasteiger charge is 2.24. The molecule has 138 valence electrons. The van der Waals surface area contributed by atoms with Crippen LogP contribution in [0.25, 0.3) is 0 Å². The van der Waals surface area contributed by atoms with Crippen molar-refractivity contribution >= 4 is 15.9 Å². The summed E-state index contributed by atoms with van der Waals surface area (Å²) in [5, 5.41) is 2.86. The molecule has 1 aromatic carbocycles. The monoisotopic (exact) mass is 368 g/mol. The quantitative estimate of drug-likeness (QED) is 0.801. The summed E-state index contributed by atoms with van der Waals surface area (Å²) in [6.07, 6.45) is 2.10. The SMILES string of the molecule is O=C(NC[C@H]1CCCO1)c1ccc(CS(=O)(=O)N2CCOCC2)cc1. The summed E-state index contributed by atoms with van der Waals surface area (Å²) in [4.78, 5) is 12.1. The molecule has 2 saturated heterocycles. The number of morpholine rings is 1. The number of ether oxygens (including phenoxy) is 2. The van der Waals surface area contributed by atoms with Gasteiger partial charge in [-0.2, -0.15) is 4.31 Å². The number of amides is 1. The molecule has 2 heterocycles. The van der Waals surface area contributed by atoms with Crippen LogP contribution in [-0.2, 0) is 25.2 Å². The van der Waals surface area contributed by atoms with E-state index < -0.39 is 10.0 Å². The third-order valence-corrected chi connectivity index (χ3v) is 6.29. The van der Waals surface area contributed by atoms with Gasteiger partial charge in [-0.25, -0.2) is 8.42 Å². The maximum Gasteiger partial charge on any atom is 0.251 e. The van der Waals surface area contributed by atoms with Crippen molar-refractivity contribution in [1.82, 2.24) is 9.62 Å². The van der Waals surface area contributed by atoms with Crippen LogP contribution in [0.15, 0.2) is 24.3 Å². The van der Waals surface area contributed by atoms with Crippen LogP contribution in [-0.4, -0.2) is 64.2 Å². The summed E-state index contributed by atoms with van der Waals surface area (Å²) in [5.74, 6) is -0.233. The average Bonchev–Trinajstić information content (AvgIpc) is 3.14. The van der Waals surface area contributed by atoms with Gasteiger partial charge < -0.3 is 14.8 Å². The Morgan fingerprint density at radius 1 is 1.16 bits per heavy atom. The van der Waals surface area contributed by atoms with Crippen molar-refractivity contribution in [3.8, 4) is 0 Å². The van der Waals surface area contributed by atoms with Gasteiger partial charge in [0.15, 0.2) is 0 Å². The van der Waals surface area contributed by atoms with Crippen molar-refractivity contribution < 1.29 is 22.7 Å². The van der Waals surface area contributed by atoms with E-state index in [2.05, 4.69) is 5.32 Å². The number of carbonyl (C=O) groups excluding carboxylic acids is 1. The van der Waals surface area contributed by atoms with E-state index in [4.69, 9.17) is 9.47 Å². The summed E-state index contributed by atoms with van der Waals surface area (Å²) in [5.41, 5.74) is 1.19. The molecule has 3 rings (SSSR count). The van der Waals surface area contributed by atoms with Gasteiger partial charge in [0.1, 0.15) is 0 Å². The molecule has 7 nitrogen and oxygen atoms in total. The maximum atomic E-state index is 12.4. The van der Waals surface area contributed by atoms with Crippen LogP contribution in [0.2, 0.25) is 0 Å². The number of nitrogens with zero attached hydrogens (tertiary/aromatic N) is 1. The first-order chi connectivity index (χ1) is 12.0. The lowest BCUT2D eigenvalue weighted by molar-refractivity contribution is 0.0729. The van der Waals surface area contributed by atoms with Gasteiger partial charge in [-0.1, -0.05) is 12.1 Å². The van der Waals surface area contributed by atoms with Crippen molar-refractivity contribution in [2.24, 2.45) is 0 Å². The fraction of sp³-hybridized carbons (Fsp3) is 0.588. The van der Waals surface area contributed by atoms with E-state index >= 15 is 0 Å². The van der Waals surface area contributed by atoms with Gasteiger partial charge in [0.2, 0.25) is 10.0 Å². The summed E-state index contributed by atoms with van der Waals surface area (Å²) in [7, 11) is -3.35. The zero-order valence-electron chi connectivity index (χ0n) is 14.1. The first kappa shape index (κ1) is 18.3.